The molecule has 82 valence electrons. The van der Waals surface area contributed by atoms with Crippen LogP contribution in [0, 0.1) is 0 Å². The third-order valence-electron chi connectivity index (χ3n) is 1.79. The molecule has 0 spiro atoms. The van der Waals surface area contributed by atoms with Gasteiger partial charge in [0.25, 0.3) is 0 Å². The molecule has 0 fully saturated rings. The highest BCUT2D eigenvalue weighted by Gasteiger charge is 2.10. The summed E-state index contributed by atoms with van der Waals surface area (Å²) in [5, 5.41) is 0. The van der Waals surface area contributed by atoms with Crippen LogP contribution in [0.4, 0.5) is 0 Å². The van der Waals surface area contributed by atoms with Crippen LogP contribution in [0.2, 0.25) is 0 Å². The van der Waals surface area contributed by atoms with Crippen molar-refractivity contribution in [3.05, 3.63) is 23.8 Å². The molecule has 0 saturated heterocycles. The molecule has 0 amide bonds. The lowest BCUT2D eigenvalue weighted by Gasteiger charge is -2.17. The van der Waals surface area contributed by atoms with Crippen molar-refractivity contribution in [2.24, 2.45) is 0 Å². The van der Waals surface area contributed by atoms with Crippen molar-refractivity contribution in [3.8, 4) is 0 Å². The Labute approximate surface area is 87.6 Å². The molecule has 0 heterocycles. The molecule has 0 aliphatic carbocycles. The summed E-state index contributed by atoms with van der Waals surface area (Å²) in [6.45, 7) is 9.40. The van der Waals surface area contributed by atoms with Crippen LogP contribution >= 0.6 is 0 Å². The number of rotatable bonds is 7. The first-order chi connectivity index (χ1) is 6.79. The standard InChI is InChI=1S/C12H22O2/c1-5-9-10-11(6-2)12(13-7-3)14-8-4/h6,9-10,12H,5,7-8H2,1-4H3/b10-9+,11-6?. The van der Waals surface area contributed by atoms with Crippen LogP contribution < -0.4 is 0 Å². The van der Waals surface area contributed by atoms with E-state index in [1.54, 1.807) is 0 Å². The predicted molar refractivity (Wildman–Crippen MR) is 60.2 cm³/mol. The van der Waals surface area contributed by atoms with Gasteiger partial charge in [0.05, 0.1) is 0 Å². The van der Waals surface area contributed by atoms with Crippen LogP contribution in [0.3, 0.4) is 0 Å². The molecule has 0 aromatic carbocycles. The largest absolute Gasteiger partial charge is 0.349 e. The molecule has 2 nitrogen and oxygen atoms in total. The minimum absolute atomic E-state index is 0.210. The fraction of sp³-hybridized carbons (Fsp3) is 0.667. The zero-order valence-corrected chi connectivity index (χ0v) is 9.75. The van der Waals surface area contributed by atoms with E-state index >= 15 is 0 Å². The monoisotopic (exact) mass is 198 g/mol. The zero-order valence-electron chi connectivity index (χ0n) is 9.75. The molecule has 0 radical (unpaired) electrons. The molecular weight excluding hydrogens is 176 g/mol. The molecule has 14 heavy (non-hydrogen) atoms. The van der Waals surface area contributed by atoms with Gasteiger partial charge < -0.3 is 9.47 Å². The Hall–Kier alpha value is -0.600. The molecule has 0 rings (SSSR count). The van der Waals surface area contributed by atoms with E-state index in [0.717, 1.165) is 12.0 Å². The van der Waals surface area contributed by atoms with Crippen molar-refractivity contribution in [3.63, 3.8) is 0 Å². The van der Waals surface area contributed by atoms with E-state index in [4.69, 9.17) is 9.47 Å². The quantitative estimate of drug-likeness (QED) is 0.461. The van der Waals surface area contributed by atoms with E-state index in [-0.39, 0.29) is 6.29 Å². The van der Waals surface area contributed by atoms with E-state index in [2.05, 4.69) is 19.1 Å². The lowest BCUT2D eigenvalue weighted by Crippen LogP contribution is -2.19. The summed E-state index contributed by atoms with van der Waals surface area (Å²) in [4.78, 5) is 0. The van der Waals surface area contributed by atoms with Gasteiger partial charge in [-0.3, -0.25) is 0 Å². The highest BCUT2D eigenvalue weighted by molar-refractivity contribution is 5.20. The van der Waals surface area contributed by atoms with Crippen LogP contribution in [0.25, 0.3) is 0 Å². The number of hydrogen-bond acceptors (Lipinski definition) is 2. The Balaban J connectivity index is 4.34. The Bertz CT molecular complexity index is 177. The maximum atomic E-state index is 5.49. The minimum atomic E-state index is -0.210. The molecule has 0 N–H and O–H groups in total. The van der Waals surface area contributed by atoms with Crippen molar-refractivity contribution in [1.29, 1.82) is 0 Å². The average molecular weight is 198 g/mol. The summed E-state index contributed by atoms with van der Waals surface area (Å²) in [6.07, 6.45) is 7.03. The molecule has 0 aliphatic heterocycles. The first-order valence-electron chi connectivity index (χ1n) is 5.36. The van der Waals surface area contributed by atoms with Crippen molar-refractivity contribution in [2.45, 2.75) is 40.4 Å². The molecule has 0 aromatic rings. The fourth-order valence-electron chi connectivity index (χ4n) is 1.11. The Kier molecular flexibility index (Phi) is 8.59. The minimum Gasteiger partial charge on any atom is -0.349 e. The normalized spacial score (nSPS) is 13.1. The average Bonchev–Trinajstić information content (AvgIpc) is 2.19. The second-order valence-corrected chi connectivity index (χ2v) is 2.84. The summed E-state index contributed by atoms with van der Waals surface area (Å²) >= 11 is 0. The molecule has 0 aromatic heterocycles. The van der Waals surface area contributed by atoms with Gasteiger partial charge in [-0.2, -0.15) is 0 Å². The summed E-state index contributed by atoms with van der Waals surface area (Å²) in [5.74, 6) is 0. The van der Waals surface area contributed by atoms with Crippen LogP contribution in [0.15, 0.2) is 23.8 Å². The lowest BCUT2D eigenvalue weighted by atomic mass is 10.2. The molecule has 0 atom stereocenters. The van der Waals surface area contributed by atoms with Crippen molar-refractivity contribution >= 4 is 0 Å². The van der Waals surface area contributed by atoms with Crippen LogP contribution in [-0.4, -0.2) is 19.5 Å². The first kappa shape index (κ1) is 13.4. The topological polar surface area (TPSA) is 18.5 Å². The molecule has 2 heteroatoms. The molecule has 0 unspecified atom stereocenters. The van der Waals surface area contributed by atoms with E-state index in [1.165, 1.54) is 0 Å². The number of allylic oxidation sites excluding steroid dienone is 2. The summed E-state index contributed by atoms with van der Waals surface area (Å²) in [5.41, 5.74) is 1.09. The van der Waals surface area contributed by atoms with Gasteiger partial charge in [-0.15, -0.1) is 0 Å². The van der Waals surface area contributed by atoms with Gasteiger partial charge in [-0.1, -0.05) is 25.2 Å². The van der Waals surface area contributed by atoms with E-state index in [0.29, 0.717) is 13.2 Å². The Morgan fingerprint density at radius 1 is 1.14 bits per heavy atom. The predicted octanol–water partition coefficient (Wildman–Crippen LogP) is 3.30. The van der Waals surface area contributed by atoms with Gasteiger partial charge in [-0.25, -0.2) is 0 Å². The SMILES string of the molecule is CC=C(/C=C/CC)C(OCC)OCC. The second kappa shape index (κ2) is 8.97. The van der Waals surface area contributed by atoms with E-state index in [9.17, 15) is 0 Å². The molecule has 0 saturated carbocycles. The van der Waals surface area contributed by atoms with Crippen LogP contribution in [0.1, 0.15) is 34.1 Å². The second-order valence-electron chi connectivity index (χ2n) is 2.84. The third kappa shape index (κ3) is 5.20. The van der Waals surface area contributed by atoms with Gasteiger partial charge in [0, 0.05) is 18.8 Å². The maximum Gasteiger partial charge on any atom is 0.183 e. The van der Waals surface area contributed by atoms with Crippen molar-refractivity contribution in [1.82, 2.24) is 0 Å². The fourth-order valence-corrected chi connectivity index (χ4v) is 1.11. The number of ether oxygens (including phenoxy) is 2. The van der Waals surface area contributed by atoms with Crippen molar-refractivity contribution in [2.75, 3.05) is 13.2 Å². The summed E-state index contributed by atoms with van der Waals surface area (Å²) < 4.78 is 11.0. The zero-order chi connectivity index (χ0) is 10.8. The molecular formula is C12H22O2. The van der Waals surface area contributed by atoms with Gasteiger partial charge >= 0.3 is 0 Å². The van der Waals surface area contributed by atoms with E-state index in [1.807, 2.05) is 26.8 Å². The highest BCUT2D eigenvalue weighted by atomic mass is 16.7. The molecule has 0 aliphatic rings. The number of hydrogen-bond donors (Lipinski definition) is 0. The third-order valence-corrected chi connectivity index (χ3v) is 1.79. The molecule has 0 bridgehead atoms. The highest BCUT2D eigenvalue weighted by Crippen LogP contribution is 2.10. The van der Waals surface area contributed by atoms with Gasteiger partial charge in [0.1, 0.15) is 0 Å². The summed E-state index contributed by atoms with van der Waals surface area (Å²) in [6, 6.07) is 0. The van der Waals surface area contributed by atoms with Crippen LogP contribution in [-0.2, 0) is 9.47 Å². The Morgan fingerprint density at radius 3 is 2.07 bits per heavy atom. The first-order valence-corrected chi connectivity index (χ1v) is 5.36. The van der Waals surface area contributed by atoms with Gasteiger partial charge in [0.2, 0.25) is 0 Å². The van der Waals surface area contributed by atoms with Gasteiger partial charge in [0.15, 0.2) is 6.29 Å². The smallest absolute Gasteiger partial charge is 0.183 e. The Morgan fingerprint density at radius 2 is 1.71 bits per heavy atom. The van der Waals surface area contributed by atoms with E-state index < -0.39 is 0 Å². The maximum absolute atomic E-state index is 5.49. The lowest BCUT2D eigenvalue weighted by molar-refractivity contribution is -0.109. The van der Waals surface area contributed by atoms with Crippen LogP contribution in [0.5, 0.6) is 0 Å². The van der Waals surface area contributed by atoms with Gasteiger partial charge in [-0.05, 0) is 27.2 Å². The summed E-state index contributed by atoms with van der Waals surface area (Å²) in [7, 11) is 0. The van der Waals surface area contributed by atoms with Crippen molar-refractivity contribution < 1.29 is 9.47 Å².